The number of amides is 2. The van der Waals surface area contributed by atoms with Crippen molar-refractivity contribution in [1.82, 2.24) is 4.90 Å². The van der Waals surface area contributed by atoms with E-state index < -0.39 is 12.2 Å². The van der Waals surface area contributed by atoms with Crippen molar-refractivity contribution in [1.29, 1.82) is 0 Å². The smallest absolute Gasteiger partial charge is 0.417 e. The number of carbonyl (C=O) groups excluding carboxylic acids is 2. The third-order valence-corrected chi connectivity index (χ3v) is 6.49. The molecule has 1 aromatic carbocycles. The van der Waals surface area contributed by atoms with Crippen LogP contribution in [0.5, 0.6) is 0 Å². The zero-order valence-corrected chi connectivity index (χ0v) is 23.4. The second-order valence-electron chi connectivity index (χ2n) is 9.42. The van der Waals surface area contributed by atoms with Crippen molar-refractivity contribution in [2.75, 3.05) is 0 Å². The predicted molar refractivity (Wildman–Crippen MR) is 159 cm³/mol. The molecule has 1 aromatic rings. The monoisotopic (exact) mass is 515 g/mol. The maximum atomic E-state index is 13.1. The second kappa shape index (κ2) is 18.8. The molecule has 204 valence electrons. The van der Waals surface area contributed by atoms with Crippen LogP contribution in [0.3, 0.4) is 0 Å². The minimum atomic E-state index is -0.544. The zero-order chi connectivity index (χ0) is 27.4. The van der Waals surface area contributed by atoms with Crippen LogP contribution in [0.15, 0.2) is 103 Å². The normalized spacial score (nSPS) is 19.3. The number of imide groups is 1. The Hall–Kier alpha value is -3.40. The lowest BCUT2D eigenvalue weighted by Crippen LogP contribution is -2.41. The molecule has 0 aliphatic carbocycles. The number of hydrogen-bond acceptors (Lipinski definition) is 3. The van der Waals surface area contributed by atoms with Crippen molar-refractivity contribution in [2.24, 2.45) is 5.92 Å². The van der Waals surface area contributed by atoms with E-state index in [-0.39, 0.29) is 17.9 Å². The summed E-state index contributed by atoms with van der Waals surface area (Å²) in [5.74, 6) is -0.382. The average Bonchev–Trinajstić information content (AvgIpc) is 3.23. The lowest BCUT2D eigenvalue weighted by atomic mass is 9.98. The summed E-state index contributed by atoms with van der Waals surface area (Å²) >= 11 is 0. The van der Waals surface area contributed by atoms with E-state index >= 15 is 0 Å². The second-order valence-corrected chi connectivity index (χ2v) is 9.42. The van der Waals surface area contributed by atoms with Gasteiger partial charge in [-0.2, -0.15) is 0 Å². The lowest BCUT2D eigenvalue weighted by molar-refractivity contribution is -0.133. The van der Waals surface area contributed by atoms with E-state index in [1.54, 1.807) is 0 Å². The van der Waals surface area contributed by atoms with Gasteiger partial charge in [-0.15, -0.1) is 0 Å². The summed E-state index contributed by atoms with van der Waals surface area (Å²) in [5, 5.41) is 0. The molecule has 2 amide bonds. The van der Waals surface area contributed by atoms with E-state index in [0.29, 0.717) is 12.8 Å². The van der Waals surface area contributed by atoms with Crippen LogP contribution in [0.2, 0.25) is 0 Å². The molecule has 0 N–H and O–H groups in total. The molecule has 1 aliphatic rings. The first-order valence-corrected chi connectivity index (χ1v) is 14.1. The van der Waals surface area contributed by atoms with E-state index in [9.17, 15) is 9.59 Å². The number of hydrogen-bond donors (Lipinski definition) is 0. The Morgan fingerprint density at radius 2 is 1.26 bits per heavy atom. The number of benzene rings is 1. The highest BCUT2D eigenvalue weighted by Crippen LogP contribution is 2.34. The highest BCUT2D eigenvalue weighted by molar-refractivity contribution is 5.95. The van der Waals surface area contributed by atoms with Crippen LogP contribution in [0.1, 0.15) is 83.8 Å². The Kier molecular flexibility index (Phi) is 15.2. The maximum Gasteiger partial charge on any atom is 0.417 e. The van der Waals surface area contributed by atoms with Gasteiger partial charge in [0.05, 0.1) is 6.04 Å². The first-order valence-electron chi connectivity index (χ1n) is 14.1. The van der Waals surface area contributed by atoms with Gasteiger partial charge in [0.15, 0.2) is 0 Å². The highest BCUT2D eigenvalue weighted by Gasteiger charge is 2.44. The number of rotatable bonds is 16. The fraction of sp³-hybridized carbons (Fsp3) is 0.412. The molecule has 1 heterocycles. The highest BCUT2D eigenvalue weighted by atomic mass is 16.6. The van der Waals surface area contributed by atoms with Crippen LogP contribution in [-0.4, -0.2) is 22.9 Å². The van der Waals surface area contributed by atoms with Gasteiger partial charge in [0.2, 0.25) is 5.91 Å². The van der Waals surface area contributed by atoms with E-state index in [0.717, 1.165) is 44.1 Å². The lowest BCUT2D eigenvalue weighted by Gasteiger charge is -2.23. The third kappa shape index (κ3) is 10.9. The Bertz CT molecular complexity index is 1000. The molecule has 0 bridgehead atoms. The summed E-state index contributed by atoms with van der Waals surface area (Å²) < 4.78 is 5.56. The molecule has 0 radical (unpaired) electrons. The van der Waals surface area contributed by atoms with Gasteiger partial charge in [0, 0.05) is 5.92 Å². The van der Waals surface area contributed by atoms with Crippen molar-refractivity contribution in [3.05, 3.63) is 109 Å². The van der Waals surface area contributed by atoms with Crippen LogP contribution in [0.4, 0.5) is 4.79 Å². The molecule has 0 aromatic heterocycles. The molecule has 1 fully saturated rings. The van der Waals surface area contributed by atoms with Crippen LogP contribution >= 0.6 is 0 Å². The first-order chi connectivity index (χ1) is 18.6. The van der Waals surface area contributed by atoms with E-state index in [4.69, 9.17) is 4.74 Å². The molecule has 2 rings (SSSR count). The van der Waals surface area contributed by atoms with Gasteiger partial charge in [0.1, 0.15) is 6.10 Å². The maximum absolute atomic E-state index is 13.1. The summed E-state index contributed by atoms with van der Waals surface area (Å²) in [6.07, 6.45) is 32.1. The van der Waals surface area contributed by atoms with Gasteiger partial charge in [-0.1, -0.05) is 117 Å². The summed E-state index contributed by atoms with van der Waals surface area (Å²) in [6, 6.07) is 9.28. The largest absolute Gasteiger partial charge is 0.439 e. The number of cyclic esters (lactones) is 1. The third-order valence-electron chi connectivity index (χ3n) is 6.49. The molecular weight excluding hydrogens is 470 g/mol. The summed E-state index contributed by atoms with van der Waals surface area (Å²) in [6.45, 7) is 6.02. The molecule has 38 heavy (non-hydrogen) atoms. The first kappa shape index (κ1) is 30.8. The van der Waals surface area contributed by atoms with Gasteiger partial charge in [-0.25, -0.2) is 9.69 Å². The number of nitrogens with zero attached hydrogens (tertiary/aromatic N) is 1. The Labute approximate surface area is 230 Å². The van der Waals surface area contributed by atoms with Gasteiger partial charge in [-0.3, -0.25) is 4.79 Å². The van der Waals surface area contributed by atoms with Crippen LogP contribution < -0.4 is 0 Å². The minimum Gasteiger partial charge on any atom is -0.439 e. The molecular formula is C34H45NO3. The number of carbonyl (C=O) groups is 2. The predicted octanol–water partition coefficient (Wildman–Crippen LogP) is 9.21. The van der Waals surface area contributed by atoms with Crippen LogP contribution in [0.25, 0.3) is 0 Å². The van der Waals surface area contributed by atoms with Gasteiger partial charge >= 0.3 is 6.09 Å². The van der Waals surface area contributed by atoms with E-state index in [1.165, 1.54) is 4.90 Å². The molecule has 1 unspecified atom stereocenters. The van der Waals surface area contributed by atoms with Crippen LogP contribution in [0, 0.1) is 5.92 Å². The fourth-order valence-corrected chi connectivity index (χ4v) is 4.27. The average molecular weight is 516 g/mol. The standard InChI is InChI=1S/C34H45NO3/c1-4-6-7-8-9-10-11-12-13-14-15-16-17-18-19-20-21-23-26-30(5-2)33(36)35-29(3)32(38-34(35)37)31-27-24-22-25-28-31/h6-7,9-10,12-13,15-16,18-19,21-25,27-30,32H,4-5,8,11,14,17,20,26H2,1-3H3/b7-6-,10-9-,13-12-,16-15-,19-18-,23-21-/t29-,30-,32?/m1/s1. The molecule has 0 spiro atoms. The van der Waals surface area contributed by atoms with Crippen LogP contribution in [-0.2, 0) is 9.53 Å². The molecule has 4 heteroatoms. The quantitative estimate of drug-likeness (QED) is 0.206. The molecule has 1 aliphatic heterocycles. The Balaban J connectivity index is 1.66. The summed E-state index contributed by atoms with van der Waals surface area (Å²) in [4.78, 5) is 27.0. The molecule has 4 nitrogen and oxygen atoms in total. The Morgan fingerprint density at radius 3 is 1.74 bits per heavy atom. The van der Waals surface area contributed by atoms with Gasteiger partial charge < -0.3 is 4.74 Å². The summed E-state index contributed by atoms with van der Waals surface area (Å²) in [5.41, 5.74) is 0.911. The van der Waals surface area contributed by atoms with E-state index in [2.05, 4.69) is 73.8 Å². The topological polar surface area (TPSA) is 46.6 Å². The van der Waals surface area contributed by atoms with E-state index in [1.807, 2.05) is 50.3 Å². The number of allylic oxidation sites excluding steroid dienone is 12. The molecule has 1 saturated heterocycles. The fourth-order valence-electron chi connectivity index (χ4n) is 4.27. The SMILES string of the molecule is CC/C=C\C/C=C\C/C=C\C/C=C\C/C=C\C/C=C\C[C@@H](CC)C(=O)N1C(=O)OC(c2ccccc2)[C@H]1C. The van der Waals surface area contributed by atoms with Crippen molar-refractivity contribution in [2.45, 2.75) is 84.3 Å². The van der Waals surface area contributed by atoms with Crippen molar-refractivity contribution in [3.63, 3.8) is 0 Å². The van der Waals surface area contributed by atoms with Crippen molar-refractivity contribution >= 4 is 12.0 Å². The number of ether oxygens (including phenoxy) is 1. The van der Waals surface area contributed by atoms with Crippen molar-refractivity contribution < 1.29 is 14.3 Å². The van der Waals surface area contributed by atoms with Gasteiger partial charge in [-0.05, 0) is 63.9 Å². The summed E-state index contributed by atoms with van der Waals surface area (Å²) in [7, 11) is 0. The van der Waals surface area contributed by atoms with Crippen molar-refractivity contribution in [3.8, 4) is 0 Å². The van der Waals surface area contributed by atoms with Gasteiger partial charge in [0.25, 0.3) is 0 Å². The minimum absolute atomic E-state index is 0.150. The zero-order valence-electron chi connectivity index (χ0n) is 23.4. The molecule has 0 saturated carbocycles. The Morgan fingerprint density at radius 1 is 0.789 bits per heavy atom. The molecule has 3 atom stereocenters.